The monoisotopic (exact) mass is 155 g/mol. The van der Waals surface area contributed by atoms with Crippen LogP contribution >= 0.6 is 0 Å². The van der Waals surface area contributed by atoms with Crippen molar-refractivity contribution in [2.45, 2.75) is 38.2 Å². The number of nitrogens with one attached hydrogen (secondary N) is 1. The molecular formula is C9H17NO. The molecule has 1 rings (SSSR count). The Labute approximate surface area is 68.6 Å². The molecule has 0 aromatic carbocycles. The molecule has 0 radical (unpaired) electrons. The highest BCUT2D eigenvalue weighted by Crippen LogP contribution is 2.19. The van der Waals surface area contributed by atoms with Crippen molar-refractivity contribution < 1.29 is 4.84 Å². The lowest BCUT2D eigenvalue weighted by Gasteiger charge is -2.10. The largest absolute Gasteiger partial charge is 0.299 e. The minimum atomic E-state index is 0.472. The van der Waals surface area contributed by atoms with Crippen LogP contribution in [-0.4, -0.2) is 12.6 Å². The van der Waals surface area contributed by atoms with Gasteiger partial charge in [-0.25, -0.2) is 5.48 Å². The molecule has 1 N–H and O–H groups in total. The lowest BCUT2D eigenvalue weighted by molar-refractivity contribution is -0.0195. The third kappa shape index (κ3) is 3.54. The normalized spacial score (nSPS) is 18.9. The molecule has 1 aliphatic rings. The van der Waals surface area contributed by atoms with E-state index in [9.17, 15) is 0 Å². The number of hydroxylamine groups is 1. The molecular weight excluding hydrogens is 138 g/mol. The third-order valence-corrected chi connectivity index (χ3v) is 2.00. The lowest BCUT2D eigenvalue weighted by atomic mass is 10.3. The standard InChI is InChI=1S/C9H17NO/c1-2-3-8-10-11-9-6-4-5-7-9/h2,9-10H,1,3-8H2. The molecule has 1 saturated carbocycles. The van der Waals surface area contributed by atoms with Gasteiger partial charge >= 0.3 is 0 Å². The quantitative estimate of drug-likeness (QED) is 0.372. The first-order chi connectivity index (χ1) is 5.43. The van der Waals surface area contributed by atoms with Gasteiger partial charge in [-0.15, -0.1) is 6.58 Å². The Bertz CT molecular complexity index is 108. The molecule has 0 heterocycles. The van der Waals surface area contributed by atoms with Gasteiger partial charge in [0.05, 0.1) is 6.10 Å². The van der Waals surface area contributed by atoms with Crippen molar-refractivity contribution in [1.82, 2.24) is 5.48 Å². The van der Waals surface area contributed by atoms with Crippen LogP contribution in [0, 0.1) is 0 Å². The summed E-state index contributed by atoms with van der Waals surface area (Å²) in [6.07, 6.45) is 8.45. The Balaban J connectivity index is 1.89. The van der Waals surface area contributed by atoms with Gasteiger partial charge in [-0.1, -0.05) is 18.9 Å². The van der Waals surface area contributed by atoms with Crippen LogP contribution in [0.15, 0.2) is 12.7 Å². The van der Waals surface area contributed by atoms with E-state index >= 15 is 0 Å². The Kier molecular flexibility index (Phi) is 4.24. The molecule has 2 heteroatoms. The van der Waals surface area contributed by atoms with Gasteiger partial charge < -0.3 is 0 Å². The van der Waals surface area contributed by atoms with Crippen LogP contribution in [0.4, 0.5) is 0 Å². The minimum absolute atomic E-state index is 0.472. The van der Waals surface area contributed by atoms with Crippen LogP contribution in [0.1, 0.15) is 32.1 Å². The fourth-order valence-corrected chi connectivity index (χ4v) is 1.34. The molecule has 2 nitrogen and oxygen atoms in total. The highest BCUT2D eigenvalue weighted by molar-refractivity contribution is 4.67. The van der Waals surface area contributed by atoms with Gasteiger partial charge in [-0.3, -0.25) is 4.84 Å². The van der Waals surface area contributed by atoms with Crippen LogP contribution in [0.5, 0.6) is 0 Å². The summed E-state index contributed by atoms with van der Waals surface area (Å²) in [6, 6.07) is 0. The van der Waals surface area contributed by atoms with Crippen molar-refractivity contribution >= 4 is 0 Å². The predicted molar refractivity (Wildman–Crippen MR) is 46.2 cm³/mol. The second kappa shape index (κ2) is 5.33. The topological polar surface area (TPSA) is 21.3 Å². The molecule has 0 aromatic rings. The molecule has 0 atom stereocenters. The van der Waals surface area contributed by atoms with Gasteiger partial charge in [0.1, 0.15) is 0 Å². The van der Waals surface area contributed by atoms with Crippen LogP contribution in [0.3, 0.4) is 0 Å². The molecule has 0 saturated heterocycles. The van der Waals surface area contributed by atoms with Gasteiger partial charge in [-0.2, -0.15) is 0 Å². The van der Waals surface area contributed by atoms with E-state index in [2.05, 4.69) is 12.1 Å². The molecule has 11 heavy (non-hydrogen) atoms. The van der Waals surface area contributed by atoms with E-state index in [1.165, 1.54) is 25.7 Å². The van der Waals surface area contributed by atoms with E-state index in [4.69, 9.17) is 4.84 Å². The van der Waals surface area contributed by atoms with E-state index in [1.807, 2.05) is 6.08 Å². The highest BCUT2D eigenvalue weighted by Gasteiger charge is 2.14. The summed E-state index contributed by atoms with van der Waals surface area (Å²) in [7, 11) is 0. The first-order valence-electron chi connectivity index (χ1n) is 4.43. The zero-order valence-corrected chi connectivity index (χ0v) is 7.01. The number of hydrogen-bond donors (Lipinski definition) is 1. The summed E-state index contributed by atoms with van der Waals surface area (Å²) < 4.78 is 0. The fraction of sp³-hybridized carbons (Fsp3) is 0.778. The minimum Gasteiger partial charge on any atom is -0.299 e. The van der Waals surface area contributed by atoms with E-state index in [0.717, 1.165) is 13.0 Å². The number of hydrogen-bond acceptors (Lipinski definition) is 2. The van der Waals surface area contributed by atoms with Gasteiger partial charge in [-0.05, 0) is 19.3 Å². The fourth-order valence-electron chi connectivity index (χ4n) is 1.34. The maximum absolute atomic E-state index is 5.41. The van der Waals surface area contributed by atoms with Gasteiger partial charge in [0.15, 0.2) is 0 Å². The van der Waals surface area contributed by atoms with Crippen LogP contribution in [-0.2, 0) is 4.84 Å². The zero-order valence-electron chi connectivity index (χ0n) is 7.01. The second-order valence-electron chi connectivity index (χ2n) is 3.00. The molecule has 64 valence electrons. The Morgan fingerprint density at radius 1 is 1.45 bits per heavy atom. The SMILES string of the molecule is C=CCCNOC1CCCC1. The molecule has 0 spiro atoms. The summed E-state index contributed by atoms with van der Waals surface area (Å²) in [5.41, 5.74) is 2.96. The van der Waals surface area contributed by atoms with Crippen molar-refractivity contribution in [2.24, 2.45) is 0 Å². The first-order valence-corrected chi connectivity index (χ1v) is 4.43. The van der Waals surface area contributed by atoms with E-state index < -0.39 is 0 Å². The maximum Gasteiger partial charge on any atom is 0.0790 e. The molecule has 0 unspecified atom stereocenters. The van der Waals surface area contributed by atoms with Gasteiger partial charge in [0, 0.05) is 6.54 Å². The number of rotatable bonds is 5. The van der Waals surface area contributed by atoms with E-state index in [0.29, 0.717) is 6.10 Å². The van der Waals surface area contributed by atoms with Crippen molar-refractivity contribution in [2.75, 3.05) is 6.54 Å². The van der Waals surface area contributed by atoms with Crippen molar-refractivity contribution in [3.8, 4) is 0 Å². The Morgan fingerprint density at radius 3 is 2.82 bits per heavy atom. The zero-order chi connectivity index (χ0) is 7.94. The smallest absolute Gasteiger partial charge is 0.0790 e. The average molecular weight is 155 g/mol. The Morgan fingerprint density at radius 2 is 2.18 bits per heavy atom. The van der Waals surface area contributed by atoms with Crippen LogP contribution in [0.2, 0.25) is 0 Å². The summed E-state index contributed by atoms with van der Waals surface area (Å²) >= 11 is 0. The summed E-state index contributed by atoms with van der Waals surface area (Å²) in [6.45, 7) is 4.52. The van der Waals surface area contributed by atoms with Crippen LogP contribution in [0.25, 0.3) is 0 Å². The third-order valence-electron chi connectivity index (χ3n) is 2.00. The highest BCUT2D eigenvalue weighted by atomic mass is 16.7. The maximum atomic E-state index is 5.41. The van der Waals surface area contributed by atoms with E-state index in [-0.39, 0.29) is 0 Å². The van der Waals surface area contributed by atoms with Gasteiger partial charge in [0.2, 0.25) is 0 Å². The predicted octanol–water partition coefficient (Wildman–Crippen LogP) is 2.03. The average Bonchev–Trinajstić information content (AvgIpc) is 2.50. The van der Waals surface area contributed by atoms with Crippen molar-refractivity contribution in [3.63, 3.8) is 0 Å². The second-order valence-corrected chi connectivity index (χ2v) is 3.00. The van der Waals surface area contributed by atoms with E-state index in [1.54, 1.807) is 0 Å². The molecule has 0 amide bonds. The lowest BCUT2D eigenvalue weighted by Crippen LogP contribution is -2.22. The molecule has 0 aliphatic heterocycles. The first kappa shape index (κ1) is 8.75. The van der Waals surface area contributed by atoms with Crippen LogP contribution < -0.4 is 5.48 Å². The Hall–Kier alpha value is -0.340. The van der Waals surface area contributed by atoms with Crippen molar-refractivity contribution in [1.29, 1.82) is 0 Å². The molecule has 0 bridgehead atoms. The van der Waals surface area contributed by atoms with Crippen molar-refractivity contribution in [3.05, 3.63) is 12.7 Å². The molecule has 1 aliphatic carbocycles. The summed E-state index contributed by atoms with van der Waals surface area (Å²) in [5, 5.41) is 0. The molecule has 1 fully saturated rings. The van der Waals surface area contributed by atoms with Gasteiger partial charge in [0.25, 0.3) is 0 Å². The summed E-state index contributed by atoms with van der Waals surface area (Å²) in [4.78, 5) is 5.41. The summed E-state index contributed by atoms with van der Waals surface area (Å²) in [5.74, 6) is 0. The molecule has 0 aromatic heterocycles.